The van der Waals surface area contributed by atoms with Gasteiger partial charge in [0.2, 0.25) is 5.91 Å². The van der Waals surface area contributed by atoms with E-state index in [4.69, 9.17) is 23.9 Å². The maximum atomic E-state index is 13.2. The van der Waals surface area contributed by atoms with Gasteiger partial charge >= 0.3 is 0 Å². The summed E-state index contributed by atoms with van der Waals surface area (Å²) in [5, 5.41) is 0.915. The number of methoxy groups -OCH3 is 3. The molecule has 7 nitrogen and oxygen atoms in total. The molecule has 35 heavy (non-hydrogen) atoms. The zero-order valence-electron chi connectivity index (χ0n) is 21.2. The molecule has 1 aliphatic heterocycles. The molecule has 1 aromatic heterocycles. The number of benzene rings is 2. The first-order valence-corrected chi connectivity index (χ1v) is 12.0. The molecule has 0 aliphatic carbocycles. The highest BCUT2D eigenvalue weighted by Gasteiger charge is 2.26. The Bertz CT molecular complexity index is 1190. The summed E-state index contributed by atoms with van der Waals surface area (Å²) in [5.41, 5.74) is 3.46. The Morgan fingerprint density at radius 1 is 1.09 bits per heavy atom. The van der Waals surface area contributed by atoms with Crippen LogP contribution in [-0.2, 0) is 16.1 Å². The average molecular weight is 479 g/mol. The standard InChI is InChI=1S/C28H34N2O5/c1-18(2)28(31)30(17-23-10-7-11-35-23)16-21-12-20-14-25(33-4)26(34-5)15-24(20)29-27(21)19-8-6-9-22(13-19)32-3/h6,8-9,12-15,18,23H,7,10-11,16-17H2,1-5H3. The van der Waals surface area contributed by atoms with E-state index < -0.39 is 0 Å². The fraction of sp³-hybridized carbons (Fsp3) is 0.429. The van der Waals surface area contributed by atoms with Gasteiger partial charge in [-0.05, 0) is 42.7 Å². The van der Waals surface area contributed by atoms with E-state index in [1.165, 1.54) is 0 Å². The van der Waals surface area contributed by atoms with Crippen LogP contribution < -0.4 is 14.2 Å². The van der Waals surface area contributed by atoms with E-state index in [1.54, 1.807) is 21.3 Å². The Hall–Kier alpha value is -3.32. The Morgan fingerprint density at radius 2 is 1.86 bits per heavy atom. The zero-order valence-corrected chi connectivity index (χ0v) is 21.2. The van der Waals surface area contributed by atoms with Gasteiger partial charge in [0.15, 0.2) is 11.5 Å². The van der Waals surface area contributed by atoms with Crippen molar-refractivity contribution in [1.82, 2.24) is 9.88 Å². The summed E-state index contributed by atoms with van der Waals surface area (Å²) in [5.74, 6) is 1.99. The predicted octanol–water partition coefficient (Wildman–Crippen LogP) is 5.09. The van der Waals surface area contributed by atoms with Crippen LogP contribution in [0.25, 0.3) is 22.2 Å². The molecule has 1 aliphatic rings. The molecule has 0 saturated carbocycles. The molecule has 0 spiro atoms. The van der Waals surface area contributed by atoms with Crippen LogP contribution in [0.2, 0.25) is 0 Å². The summed E-state index contributed by atoms with van der Waals surface area (Å²) in [7, 11) is 4.88. The number of carbonyl (C=O) groups is 1. The minimum atomic E-state index is -0.116. The van der Waals surface area contributed by atoms with Crippen molar-refractivity contribution in [2.24, 2.45) is 5.92 Å². The van der Waals surface area contributed by atoms with Crippen molar-refractivity contribution < 1.29 is 23.7 Å². The Labute approximate surface area is 207 Å². The minimum absolute atomic E-state index is 0.0655. The summed E-state index contributed by atoms with van der Waals surface area (Å²) < 4.78 is 22.4. The van der Waals surface area contributed by atoms with Crippen molar-refractivity contribution in [2.45, 2.75) is 39.3 Å². The fourth-order valence-corrected chi connectivity index (χ4v) is 4.52. The molecular formula is C28H34N2O5. The van der Waals surface area contributed by atoms with Crippen molar-refractivity contribution in [3.63, 3.8) is 0 Å². The number of hydrogen-bond donors (Lipinski definition) is 0. The molecule has 2 heterocycles. The van der Waals surface area contributed by atoms with Gasteiger partial charge in [0, 0.05) is 42.6 Å². The van der Waals surface area contributed by atoms with Gasteiger partial charge in [0.1, 0.15) is 5.75 Å². The summed E-state index contributed by atoms with van der Waals surface area (Å²) in [4.78, 5) is 20.2. The minimum Gasteiger partial charge on any atom is -0.497 e. The molecule has 1 saturated heterocycles. The number of fused-ring (bicyclic) bond motifs is 1. The number of amides is 1. The molecule has 4 rings (SSSR count). The second kappa shape index (κ2) is 11.0. The van der Waals surface area contributed by atoms with E-state index in [0.717, 1.165) is 52.9 Å². The van der Waals surface area contributed by atoms with Gasteiger partial charge in [-0.15, -0.1) is 0 Å². The first-order chi connectivity index (χ1) is 16.9. The summed E-state index contributed by atoms with van der Waals surface area (Å²) in [6.45, 7) is 5.62. The van der Waals surface area contributed by atoms with Crippen LogP contribution in [0.15, 0.2) is 42.5 Å². The molecule has 7 heteroatoms. The molecule has 1 atom stereocenters. The first-order valence-electron chi connectivity index (χ1n) is 12.0. The smallest absolute Gasteiger partial charge is 0.225 e. The van der Waals surface area contributed by atoms with Crippen molar-refractivity contribution >= 4 is 16.8 Å². The fourth-order valence-electron chi connectivity index (χ4n) is 4.52. The lowest BCUT2D eigenvalue weighted by molar-refractivity contribution is -0.136. The molecule has 1 fully saturated rings. The molecule has 0 radical (unpaired) electrons. The van der Waals surface area contributed by atoms with Gasteiger partial charge in [0.05, 0.1) is 38.6 Å². The van der Waals surface area contributed by atoms with Crippen LogP contribution in [0.4, 0.5) is 0 Å². The lowest BCUT2D eigenvalue weighted by Gasteiger charge is -2.28. The molecule has 1 unspecified atom stereocenters. The first kappa shape index (κ1) is 24.8. The van der Waals surface area contributed by atoms with Gasteiger partial charge in [0.25, 0.3) is 0 Å². The normalized spacial score (nSPS) is 15.4. The Balaban J connectivity index is 1.84. The number of rotatable bonds is 9. The van der Waals surface area contributed by atoms with Gasteiger partial charge in [-0.1, -0.05) is 26.0 Å². The SMILES string of the molecule is COc1cccc(-c2nc3cc(OC)c(OC)cc3cc2CN(CC2CCCO2)C(=O)C(C)C)c1. The third kappa shape index (κ3) is 5.51. The van der Waals surface area contributed by atoms with E-state index in [9.17, 15) is 4.79 Å². The molecule has 1 amide bonds. The summed E-state index contributed by atoms with van der Waals surface area (Å²) in [6.07, 6.45) is 2.07. The molecule has 2 aromatic carbocycles. The molecule has 186 valence electrons. The lowest BCUT2D eigenvalue weighted by Crippen LogP contribution is -2.39. The zero-order chi connectivity index (χ0) is 24.9. The second-order valence-corrected chi connectivity index (χ2v) is 9.14. The Kier molecular flexibility index (Phi) is 7.76. The van der Waals surface area contributed by atoms with Gasteiger partial charge < -0.3 is 23.8 Å². The molecule has 3 aromatic rings. The van der Waals surface area contributed by atoms with E-state index in [2.05, 4.69) is 6.07 Å². The third-order valence-corrected chi connectivity index (χ3v) is 6.36. The van der Waals surface area contributed by atoms with Crippen molar-refractivity contribution in [2.75, 3.05) is 34.5 Å². The highest BCUT2D eigenvalue weighted by Crippen LogP contribution is 2.35. The third-order valence-electron chi connectivity index (χ3n) is 6.36. The molecule has 0 N–H and O–H groups in total. The topological polar surface area (TPSA) is 70.1 Å². The maximum absolute atomic E-state index is 13.2. The van der Waals surface area contributed by atoms with E-state index in [-0.39, 0.29) is 17.9 Å². The highest BCUT2D eigenvalue weighted by atomic mass is 16.5. The maximum Gasteiger partial charge on any atom is 0.225 e. The lowest BCUT2D eigenvalue weighted by atomic mass is 10.0. The number of ether oxygens (including phenoxy) is 4. The largest absolute Gasteiger partial charge is 0.497 e. The van der Waals surface area contributed by atoms with Crippen LogP contribution in [-0.4, -0.2) is 56.4 Å². The highest BCUT2D eigenvalue weighted by molar-refractivity contribution is 5.87. The van der Waals surface area contributed by atoms with Crippen LogP contribution in [0.1, 0.15) is 32.3 Å². The van der Waals surface area contributed by atoms with E-state index in [0.29, 0.717) is 24.6 Å². The van der Waals surface area contributed by atoms with Crippen molar-refractivity contribution in [3.05, 3.63) is 48.0 Å². The van der Waals surface area contributed by atoms with E-state index >= 15 is 0 Å². The number of carbonyl (C=O) groups excluding carboxylic acids is 1. The van der Waals surface area contributed by atoms with Crippen LogP contribution in [0.3, 0.4) is 0 Å². The molecule has 0 bridgehead atoms. The number of aromatic nitrogens is 1. The quantitative estimate of drug-likeness (QED) is 0.427. The number of pyridine rings is 1. The van der Waals surface area contributed by atoms with Crippen LogP contribution >= 0.6 is 0 Å². The van der Waals surface area contributed by atoms with Gasteiger partial charge in [-0.3, -0.25) is 4.79 Å². The average Bonchev–Trinajstić information content (AvgIpc) is 3.39. The summed E-state index contributed by atoms with van der Waals surface area (Å²) in [6, 6.07) is 13.7. The van der Waals surface area contributed by atoms with Gasteiger partial charge in [-0.25, -0.2) is 4.98 Å². The van der Waals surface area contributed by atoms with E-state index in [1.807, 2.05) is 55.1 Å². The molecular weight excluding hydrogens is 444 g/mol. The predicted molar refractivity (Wildman–Crippen MR) is 136 cm³/mol. The summed E-state index contributed by atoms with van der Waals surface area (Å²) >= 11 is 0. The van der Waals surface area contributed by atoms with Crippen LogP contribution in [0.5, 0.6) is 17.2 Å². The van der Waals surface area contributed by atoms with Gasteiger partial charge in [-0.2, -0.15) is 0 Å². The number of hydrogen-bond acceptors (Lipinski definition) is 6. The second-order valence-electron chi connectivity index (χ2n) is 9.14. The van der Waals surface area contributed by atoms with Crippen molar-refractivity contribution in [3.8, 4) is 28.5 Å². The Morgan fingerprint density at radius 3 is 2.51 bits per heavy atom. The van der Waals surface area contributed by atoms with Crippen molar-refractivity contribution in [1.29, 1.82) is 0 Å². The van der Waals surface area contributed by atoms with Crippen LogP contribution in [0, 0.1) is 5.92 Å². The monoisotopic (exact) mass is 478 g/mol. The number of nitrogens with zero attached hydrogens (tertiary/aromatic N) is 2.